The molecule has 1 heterocycles. The van der Waals surface area contributed by atoms with Gasteiger partial charge in [0.05, 0.1) is 0 Å². The van der Waals surface area contributed by atoms with Gasteiger partial charge in [0.15, 0.2) is 0 Å². The topological polar surface area (TPSA) is 58.6 Å². The summed E-state index contributed by atoms with van der Waals surface area (Å²) in [6.07, 6.45) is 2.80. The molecule has 3 rings (SSSR count). The fraction of sp³-hybridized carbons (Fsp3) is 0.440. The lowest BCUT2D eigenvalue weighted by Gasteiger charge is -2.33. The second-order valence-corrected chi connectivity index (χ2v) is 7.89. The number of ether oxygens (including phenoxy) is 1. The van der Waals surface area contributed by atoms with E-state index in [1.807, 2.05) is 61.2 Å². The molecule has 1 aliphatic rings. The summed E-state index contributed by atoms with van der Waals surface area (Å²) in [7, 11) is 0. The van der Waals surface area contributed by atoms with Gasteiger partial charge in [-0.1, -0.05) is 29.8 Å². The second kappa shape index (κ2) is 10.9. The number of amides is 2. The van der Waals surface area contributed by atoms with Crippen molar-refractivity contribution >= 4 is 11.8 Å². The first-order valence-corrected chi connectivity index (χ1v) is 10.9. The number of nitrogens with one attached hydrogen (secondary N) is 1. The first-order chi connectivity index (χ1) is 14.6. The van der Waals surface area contributed by atoms with Crippen molar-refractivity contribution in [1.82, 2.24) is 10.2 Å². The molecule has 0 aliphatic carbocycles. The molecule has 0 radical (unpaired) electrons. The van der Waals surface area contributed by atoms with E-state index in [4.69, 9.17) is 4.74 Å². The average molecular weight is 409 g/mol. The van der Waals surface area contributed by atoms with E-state index in [1.165, 1.54) is 0 Å². The third-order valence-electron chi connectivity index (χ3n) is 5.58. The molecule has 0 bridgehead atoms. The minimum Gasteiger partial charge on any atom is -0.382 e. The normalized spacial score (nSPS) is 16.3. The maximum absolute atomic E-state index is 12.9. The van der Waals surface area contributed by atoms with Gasteiger partial charge in [-0.05, 0) is 62.9 Å². The number of likely N-dealkylation sites (tertiary alicyclic amines) is 1. The highest BCUT2D eigenvalue weighted by molar-refractivity contribution is 5.95. The van der Waals surface area contributed by atoms with Crippen molar-refractivity contribution < 1.29 is 14.3 Å². The van der Waals surface area contributed by atoms with Crippen LogP contribution in [0.25, 0.3) is 0 Å². The highest BCUT2D eigenvalue weighted by Gasteiger charge is 2.26. The molecular weight excluding hydrogens is 376 g/mol. The first-order valence-electron chi connectivity index (χ1n) is 10.9. The van der Waals surface area contributed by atoms with Gasteiger partial charge in [0.1, 0.15) is 0 Å². The van der Waals surface area contributed by atoms with Gasteiger partial charge in [0.2, 0.25) is 0 Å². The van der Waals surface area contributed by atoms with Gasteiger partial charge in [-0.15, -0.1) is 0 Å². The molecule has 2 aromatic rings. The van der Waals surface area contributed by atoms with Gasteiger partial charge < -0.3 is 15.0 Å². The van der Waals surface area contributed by atoms with Crippen LogP contribution in [0.2, 0.25) is 0 Å². The molecule has 1 fully saturated rings. The molecule has 30 heavy (non-hydrogen) atoms. The van der Waals surface area contributed by atoms with Crippen molar-refractivity contribution in [3.05, 3.63) is 70.8 Å². The van der Waals surface area contributed by atoms with E-state index >= 15 is 0 Å². The number of hydrogen-bond donors (Lipinski definition) is 1. The predicted octanol–water partition coefficient (Wildman–Crippen LogP) is 4.17. The molecule has 1 atom stereocenters. The Bertz CT molecular complexity index is 848. The Morgan fingerprint density at radius 3 is 2.70 bits per heavy atom. The molecule has 0 spiro atoms. The smallest absolute Gasteiger partial charge is 0.253 e. The number of carbonyl (C=O) groups is 2. The Labute approximate surface area is 179 Å². The number of hydrogen-bond acceptors (Lipinski definition) is 3. The zero-order valence-electron chi connectivity index (χ0n) is 18.0. The molecule has 5 heteroatoms. The number of nitrogens with zero attached hydrogens (tertiary/aromatic N) is 1. The fourth-order valence-corrected chi connectivity index (χ4v) is 3.87. The van der Waals surface area contributed by atoms with E-state index in [1.54, 1.807) is 0 Å². The van der Waals surface area contributed by atoms with Crippen LogP contribution in [0.1, 0.15) is 63.9 Å². The molecule has 2 aromatic carbocycles. The Morgan fingerprint density at radius 1 is 1.13 bits per heavy atom. The monoisotopic (exact) mass is 408 g/mol. The zero-order valence-corrected chi connectivity index (χ0v) is 18.0. The summed E-state index contributed by atoms with van der Waals surface area (Å²) in [5.74, 6) is 0.276. The minimum absolute atomic E-state index is 0.0586. The van der Waals surface area contributed by atoms with E-state index < -0.39 is 0 Å². The summed E-state index contributed by atoms with van der Waals surface area (Å²) in [6.45, 7) is 7.41. The minimum atomic E-state index is -0.0586. The summed E-state index contributed by atoms with van der Waals surface area (Å²) in [5.41, 5.74) is 3.68. The van der Waals surface area contributed by atoms with Crippen molar-refractivity contribution in [3.8, 4) is 0 Å². The molecule has 5 nitrogen and oxygen atoms in total. The number of carbonyl (C=O) groups excluding carboxylic acids is 2. The lowest BCUT2D eigenvalue weighted by molar-refractivity contribution is 0.0706. The van der Waals surface area contributed by atoms with E-state index in [-0.39, 0.29) is 17.7 Å². The maximum Gasteiger partial charge on any atom is 0.253 e. The summed E-state index contributed by atoms with van der Waals surface area (Å²) >= 11 is 0. The van der Waals surface area contributed by atoms with Crippen LogP contribution < -0.4 is 5.32 Å². The van der Waals surface area contributed by atoms with Crippen molar-refractivity contribution in [2.45, 2.75) is 39.0 Å². The number of aryl methyl sites for hydroxylation is 1. The Kier molecular flexibility index (Phi) is 8.03. The molecule has 0 aromatic heterocycles. The zero-order chi connectivity index (χ0) is 21.3. The quantitative estimate of drug-likeness (QED) is 0.667. The van der Waals surface area contributed by atoms with Gasteiger partial charge in [-0.3, -0.25) is 9.59 Å². The molecule has 1 aliphatic heterocycles. The molecule has 1 unspecified atom stereocenters. The van der Waals surface area contributed by atoms with Crippen molar-refractivity contribution in [2.24, 2.45) is 0 Å². The molecular formula is C25H32N2O3. The largest absolute Gasteiger partial charge is 0.382 e. The van der Waals surface area contributed by atoms with E-state index in [2.05, 4.69) is 11.4 Å². The van der Waals surface area contributed by atoms with Crippen LogP contribution in [0.3, 0.4) is 0 Å². The van der Waals surface area contributed by atoms with Crippen LogP contribution in [0.4, 0.5) is 0 Å². The van der Waals surface area contributed by atoms with Crippen molar-refractivity contribution in [3.63, 3.8) is 0 Å². The number of benzene rings is 2. The van der Waals surface area contributed by atoms with Crippen LogP contribution in [-0.4, -0.2) is 49.6 Å². The maximum atomic E-state index is 12.9. The fourth-order valence-electron chi connectivity index (χ4n) is 3.87. The summed E-state index contributed by atoms with van der Waals surface area (Å²) in [6, 6.07) is 15.6. The summed E-state index contributed by atoms with van der Waals surface area (Å²) < 4.78 is 5.30. The van der Waals surface area contributed by atoms with Crippen molar-refractivity contribution in [1.29, 1.82) is 0 Å². The van der Waals surface area contributed by atoms with Crippen LogP contribution in [0.5, 0.6) is 0 Å². The van der Waals surface area contributed by atoms with Gasteiger partial charge in [0, 0.05) is 49.9 Å². The third kappa shape index (κ3) is 5.92. The van der Waals surface area contributed by atoms with Crippen molar-refractivity contribution in [2.75, 3.05) is 32.8 Å². The van der Waals surface area contributed by atoms with Crippen LogP contribution in [-0.2, 0) is 4.74 Å². The number of rotatable bonds is 8. The second-order valence-electron chi connectivity index (χ2n) is 7.89. The Balaban J connectivity index is 1.61. The summed E-state index contributed by atoms with van der Waals surface area (Å²) in [4.78, 5) is 27.3. The van der Waals surface area contributed by atoms with Gasteiger partial charge in [-0.25, -0.2) is 0 Å². The van der Waals surface area contributed by atoms with E-state index in [9.17, 15) is 9.59 Å². The average Bonchev–Trinajstić information content (AvgIpc) is 2.79. The molecule has 2 amide bonds. The third-order valence-corrected chi connectivity index (χ3v) is 5.58. The van der Waals surface area contributed by atoms with Crippen LogP contribution in [0, 0.1) is 6.92 Å². The number of piperidine rings is 1. The molecule has 160 valence electrons. The Morgan fingerprint density at radius 2 is 1.93 bits per heavy atom. The highest BCUT2D eigenvalue weighted by Crippen LogP contribution is 2.28. The molecule has 1 saturated heterocycles. The van der Waals surface area contributed by atoms with Gasteiger partial charge >= 0.3 is 0 Å². The van der Waals surface area contributed by atoms with E-state index in [0.29, 0.717) is 31.9 Å². The Hall–Kier alpha value is -2.66. The molecule has 1 N–H and O–H groups in total. The van der Waals surface area contributed by atoms with Gasteiger partial charge in [0.25, 0.3) is 11.8 Å². The van der Waals surface area contributed by atoms with E-state index in [0.717, 1.165) is 42.5 Å². The lowest BCUT2D eigenvalue weighted by Crippen LogP contribution is -2.39. The van der Waals surface area contributed by atoms with Gasteiger partial charge in [-0.2, -0.15) is 0 Å². The standard InChI is InChI=1S/C25H32N2O3/c1-3-30-16-6-14-26-24(28)22-8-4-7-21(17-22)23-9-5-15-27(18-23)25(29)20-12-10-19(2)11-13-20/h4,7-8,10-13,17,23H,3,5-6,9,14-16,18H2,1-2H3,(H,26,28). The summed E-state index contributed by atoms with van der Waals surface area (Å²) in [5, 5.41) is 2.96. The van der Waals surface area contributed by atoms with Crippen LogP contribution >= 0.6 is 0 Å². The van der Waals surface area contributed by atoms with Crippen LogP contribution in [0.15, 0.2) is 48.5 Å². The molecule has 0 saturated carbocycles. The lowest BCUT2D eigenvalue weighted by atomic mass is 9.89. The first kappa shape index (κ1) is 22.0. The highest BCUT2D eigenvalue weighted by atomic mass is 16.5. The SMILES string of the molecule is CCOCCCNC(=O)c1cccc(C2CCCN(C(=O)c3ccc(C)cc3)C2)c1. The predicted molar refractivity (Wildman–Crippen MR) is 119 cm³/mol.